The van der Waals surface area contributed by atoms with Crippen LogP contribution in [0.25, 0.3) is 0 Å². The van der Waals surface area contributed by atoms with Crippen LogP contribution in [0.5, 0.6) is 11.5 Å². The molecule has 8 nitrogen and oxygen atoms in total. The molecule has 0 amide bonds. The molecule has 1 aliphatic heterocycles. The van der Waals surface area contributed by atoms with Crippen LogP contribution in [0.2, 0.25) is 0 Å². The normalized spacial score (nSPS) is 13.8. The topological polar surface area (TPSA) is 101 Å². The van der Waals surface area contributed by atoms with Crippen LogP contribution in [0.1, 0.15) is 18.9 Å². The summed E-state index contributed by atoms with van der Waals surface area (Å²) in [6.45, 7) is 3.67. The quantitative estimate of drug-likeness (QED) is 0.332. The van der Waals surface area contributed by atoms with Gasteiger partial charge in [0.2, 0.25) is 16.8 Å². The molecule has 9 heteroatoms. The number of ether oxygens (including phenoxy) is 2. The SMILES string of the molecule is CCS(=O)(=O)NCCCNC(=NC)NCCc1ccc2c(c1)OCO2. The van der Waals surface area contributed by atoms with Gasteiger partial charge in [0.15, 0.2) is 17.5 Å². The van der Waals surface area contributed by atoms with Gasteiger partial charge < -0.3 is 20.1 Å². The molecule has 0 spiro atoms. The Morgan fingerprint density at radius 1 is 1.16 bits per heavy atom. The van der Waals surface area contributed by atoms with Gasteiger partial charge >= 0.3 is 0 Å². The Bertz CT molecular complexity index is 691. The summed E-state index contributed by atoms with van der Waals surface area (Å²) in [6.07, 6.45) is 1.51. The maximum Gasteiger partial charge on any atom is 0.231 e. The van der Waals surface area contributed by atoms with Gasteiger partial charge in [-0.25, -0.2) is 13.1 Å². The lowest BCUT2D eigenvalue weighted by Crippen LogP contribution is -2.39. The number of nitrogens with one attached hydrogen (secondary N) is 3. The highest BCUT2D eigenvalue weighted by atomic mass is 32.2. The highest BCUT2D eigenvalue weighted by molar-refractivity contribution is 7.89. The zero-order valence-corrected chi connectivity index (χ0v) is 15.5. The van der Waals surface area contributed by atoms with E-state index in [1.54, 1.807) is 14.0 Å². The first kappa shape index (κ1) is 19.3. The predicted molar refractivity (Wildman–Crippen MR) is 97.7 cm³/mol. The number of nitrogens with zero attached hydrogens (tertiary/aromatic N) is 1. The van der Waals surface area contributed by atoms with Crippen molar-refractivity contribution >= 4 is 16.0 Å². The molecule has 0 aromatic heterocycles. The van der Waals surface area contributed by atoms with E-state index in [-0.39, 0.29) is 12.5 Å². The van der Waals surface area contributed by atoms with Crippen LogP contribution in [0.4, 0.5) is 0 Å². The fourth-order valence-electron chi connectivity index (χ4n) is 2.27. The Balaban J connectivity index is 1.63. The van der Waals surface area contributed by atoms with Gasteiger partial charge in [-0.15, -0.1) is 0 Å². The third-order valence-corrected chi connectivity index (χ3v) is 5.12. The zero-order chi connectivity index (χ0) is 18.1. The lowest BCUT2D eigenvalue weighted by atomic mass is 10.1. The second-order valence-corrected chi connectivity index (χ2v) is 7.61. The molecule has 1 heterocycles. The summed E-state index contributed by atoms with van der Waals surface area (Å²) in [5.74, 6) is 2.37. The monoisotopic (exact) mass is 370 g/mol. The van der Waals surface area contributed by atoms with Crippen molar-refractivity contribution in [1.82, 2.24) is 15.4 Å². The van der Waals surface area contributed by atoms with Crippen LogP contribution in [0.15, 0.2) is 23.2 Å². The van der Waals surface area contributed by atoms with Gasteiger partial charge in [-0.2, -0.15) is 0 Å². The van der Waals surface area contributed by atoms with Gasteiger partial charge in [0, 0.05) is 26.7 Å². The molecule has 3 N–H and O–H groups in total. The van der Waals surface area contributed by atoms with Crippen LogP contribution in [0, 0.1) is 0 Å². The summed E-state index contributed by atoms with van der Waals surface area (Å²) in [7, 11) is -1.41. The minimum atomic E-state index is -3.12. The summed E-state index contributed by atoms with van der Waals surface area (Å²) in [5, 5.41) is 6.39. The number of rotatable bonds is 9. The molecule has 1 aromatic carbocycles. The summed E-state index contributed by atoms with van der Waals surface area (Å²) in [4.78, 5) is 4.15. The molecule has 0 fully saturated rings. The number of sulfonamides is 1. The molecule has 0 saturated carbocycles. The van der Waals surface area contributed by atoms with E-state index >= 15 is 0 Å². The van der Waals surface area contributed by atoms with Crippen LogP contribution in [-0.4, -0.2) is 53.6 Å². The first-order valence-electron chi connectivity index (χ1n) is 8.34. The Hall–Kier alpha value is -2.00. The highest BCUT2D eigenvalue weighted by Crippen LogP contribution is 2.32. The van der Waals surface area contributed by atoms with Gasteiger partial charge in [-0.3, -0.25) is 4.99 Å². The van der Waals surface area contributed by atoms with Crippen molar-refractivity contribution in [2.45, 2.75) is 19.8 Å². The maximum atomic E-state index is 11.3. The lowest BCUT2D eigenvalue weighted by molar-refractivity contribution is 0.174. The summed E-state index contributed by atoms with van der Waals surface area (Å²) in [6, 6.07) is 5.92. The molecule has 1 aromatic rings. The number of hydrogen-bond donors (Lipinski definition) is 3. The molecule has 0 bridgehead atoms. The largest absolute Gasteiger partial charge is 0.454 e. The molecule has 0 saturated heterocycles. The van der Waals surface area contributed by atoms with Crippen LogP contribution < -0.4 is 24.8 Å². The van der Waals surface area contributed by atoms with Crippen molar-refractivity contribution < 1.29 is 17.9 Å². The van der Waals surface area contributed by atoms with E-state index < -0.39 is 10.0 Å². The molecular formula is C16H26N4O4S. The molecule has 2 rings (SSSR count). The fraction of sp³-hybridized carbons (Fsp3) is 0.562. The number of aliphatic imine (C=N–C) groups is 1. The van der Waals surface area contributed by atoms with E-state index in [0.29, 0.717) is 25.5 Å². The van der Waals surface area contributed by atoms with Crippen molar-refractivity contribution in [1.29, 1.82) is 0 Å². The van der Waals surface area contributed by atoms with E-state index in [1.807, 2.05) is 18.2 Å². The van der Waals surface area contributed by atoms with Crippen molar-refractivity contribution in [2.24, 2.45) is 4.99 Å². The van der Waals surface area contributed by atoms with E-state index in [9.17, 15) is 8.42 Å². The van der Waals surface area contributed by atoms with Gasteiger partial charge in [0.25, 0.3) is 0 Å². The summed E-state index contributed by atoms with van der Waals surface area (Å²) in [5.41, 5.74) is 1.15. The molecular weight excluding hydrogens is 344 g/mol. The van der Waals surface area contributed by atoms with Gasteiger partial charge in [0.1, 0.15) is 0 Å². The zero-order valence-electron chi connectivity index (χ0n) is 14.7. The molecule has 1 aliphatic rings. The van der Waals surface area contributed by atoms with Gasteiger partial charge in [-0.1, -0.05) is 6.07 Å². The molecule has 0 radical (unpaired) electrons. The Kier molecular flexibility index (Phi) is 7.32. The van der Waals surface area contributed by atoms with Crippen LogP contribution in [0.3, 0.4) is 0 Å². The second kappa shape index (κ2) is 9.47. The molecule has 0 unspecified atom stereocenters. The van der Waals surface area contributed by atoms with E-state index in [1.165, 1.54) is 0 Å². The number of fused-ring (bicyclic) bond motifs is 1. The average molecular weight is 370 g/mol. The van der Waals surface area contributed by atoms with Crippen LogP contribution >= 0.6 is 0 Å². The Morgan fingerprint density at radius 3 is 2.68 bits per heavy atom. The standard InChI is InChI=1S/C16H26N4O4S/c1-3-25(21,22)20-9-4-8-18-16(17-2)19-10-7-13-5-6-14-15(11-13)24-12-23-14/h5-6,11,20H,3-4,7-10,12H2,1-2H3,(H2,17,18,19). The third kappa shape index (κ3) is 6.43. The van der Waals surface area contributed by atoms with Crippen molar-refractivity contribution in [2.75, 3.05) is 39.2 Å². The third-order valence-electron chi connectivity index (χ3n) is 3.71. The first-order valence-corrected chi connectivity index (χ1v) is 9.99. The Morgan fingerprint density at radius 2 is 1.92 bits per heavy atom. The predicted octanol–water partition coefficient (Wildman–Crippen LogP) is 0.452. The number of hydrogen-bond acceptors (Lipinski definition) is 5. The summed E-state index contributed by atoms with van der Waals surface area (Å²) < 4.78 is 35.8. The number of guanidine groups is 1. The molecule has 0 aliphatic carbocycles. The van der Waals surface area contributed by atoms with E-state index in [2.05, 4.69) is 20.3 Å². The minimum Gasteiger partial charge on any atom is -0.454 e. The fourth-order valence-corrected chi connectivity index (χ4v) is 2.93. The van der Waals surface area contributed by atoms with E-state index in [4.69, 9.17) is 9.47 Å². The Labute approximate surface area is 149 Å². The van der Waals surface area contributed by atoms with Crippen molar-refractivity contribution in [3.05, 3.63) is 23.8 Å². The van der Waals surface area contributed by atoms with Crippen LogP contribution in [-0.2, 0) is 16.4 Å². The second-order valence-electron chi connectivity index (χ2n) is 5.51. The maximum absolute atomic E-state index is 11.3. The molecule has 0 atom stereocenters. The average Bonchev–Trinajstić information content (AvgIpc) is 3.07. The summed E-state index contributed by atoms with van der Waals surface area (Å²) >= 11 is 0. The number of benzene rings is 1. The highest BCUT2D eigenvalue weighted by Gasteiger charge is 2.12. The van der Waals surface area contributed by atoms with E-state index in [0.717, 1.165) is 30.0 Å². The molecule has 25 heavy (non-hydrogen) atoms. The van der Waals surface area contributed by atoms with Crippen molar-refractivity contribution in [3.63, 3.8) is 0 Å². The smallest absolute Gasteiger partial charge is 0.231 e. The van der Waals surface area contributed by atoms with Gasteiger partial charge in [0.05, 0.1) is 5.75 Å². The van der Waals surface area contributed by atoms with Crippen molar-refractivity contribution in [3.8, 4) is 11.5 Å². The molecule has 140 valence electrons. The first-order chi connectivity index (χ1) is 12.0. The van der Waals surface area contributed by atoms with Gasteiger partial charge in [-0.05, 0) is 37.5 Å². The lowest BCUT2D eigenvalue weighted by Gasteiger charge is -2.12. The minimum absolute atomic E-state index is 0.101.